The zero-order valence-corrected chi connectivity index (χ0v) is 7.58. The Kier molecular flexibility index (Phi) is 3.26. The summed E-state index contributed by atoms with van der Waals surface area (Å²) in [5, 5.41) is 0. The number of benzene rings is 1. The molecule has 2 nitrogen and oxygen atoms in total. The molecule has 0 aliphatic heterocycles. The van der Waals surface area contributed by atoms with Crippen LogP contribution in [0.5, 0.6) is 0 Å². The summed E-state index contributed by atoms with van der Waals surface area (Å²) in [7, 11) is 1.69. The van der Waals surface area contributed by atoms with Crippen LogP contribution in [0.4, 0.5) is 0 Å². The maximum absolute atomic E-state index is 5.74. The summed E-state index contributed by atoms with van der Waals surface area (Å²) in [6.07, 6.45) is 0. The van der Waals surface area contributed by atoms with Crippen LogP contribution >= 0.6 is 0 Å². The topological polar surface area (TPSA) is 35.2 Å². The van der Waals surface area contributed by atoms with Gasteiger partial charge < -0.3 is 10.5 Å². The van der Waals surface area contributed by atoms with Gasteiger partial charge in [-0.15, -0.1) is 0 Å². The summed E-state index contributed by atoms with van der Waals surface area (Å²) in [5.41, 5.74) is 8.07. The first-order valence-corrected chi connectivity index (χ1v) is 4.07. The minimum absolute atomic E-state index is 0.0989. The van der Waals surface area contributed by atoms with Gasteiger partial charge >= 0.3 is 0 Å². The summed E-state index contributed by atoms with van der Waals surface area (Å²) >= 11 is 0. The molecule has 0 saturated carbocycles. The molecule has 2 N–H and O–H groups in total. The van der Waals surface area contributed by atoms with Crippen molar-refractivity contribution in [1.29, 1.82) is 0 Å². The number of nitrogens with two attached hydrogens (primary N) is 1. The zero-order chi connectivity index (χ0) is 8.97. The van der Waals surface area contributed by atoms with Crippen molar-refractivity contribution >= 4 is 0 Å². The Morgan fingerprint density at radius 3 is 2.83 bits per heavy atom. The van der Waals surface area contributed by atoms with Gasteiger partial charge in [-0.1, -0.05) is 24.3 Å². The predicted molar refractivity (Wildman–Crippen MR) is 49.8 cm³/mol. The third-order valence-electron chi connectivity index (χ3n) is 1.79. The van der Waals surface area contributed by atoms with E-state index in [1.807, 2.05) is 25.1 Å². The summed E-state index contributed by atoms with van der Waals surface area (Å²) in [6, 6.07) is 8.25. The van der Waals surface area contributed by atoms with Crippen molar-refractivity contribution in [3.63, 3.8) is 0 Å². The third kappa shape index (κ3) is 2.32. The molecule has 0 aliphatic carbocycles. The van der Waals surface area contributed by atoms with E-state index >= 15 is 0 Å². The fourth-order valence-corrected chi connectivity index (χ4v) is 1.13. The molecule has 12 heavy (non-hydrogen) atoms. The van der Waals surface area contributed by atoms with Crippen molar-refractivity contribution in [2.45, 2.75) is 19.6 Å². The Morgan fingerprint density at radius 2 is 2.25 bits per heavy atom. The van der Waals surface area contributed by atoms with Crippen molar-refractivity contribution < 1.29 is 4.74 Å². The highest BCUT2D eigenvalue weighted by Crippen LogP contribution is 2.11. The Balaban J connectivity index is 2.81. The van der Waals surface area contributed by atoms with E-state index in [0.29, 0.717) is 6.61 Å². The molecule has 1 atom stereocenters. The average molecular weight is 165 g/mol. The lowest BCUT2D eigenvalue weighted by atomic mass is 10.1. The maximum Gasteiger partial charge on any atom is 0.0713 e. The van der Waals surface area contributed by atoms with Crippen molar-refractivity contribution in [3.8, 4) is 0 Å². The number of hydrogen-bond acceptors (Lipinski definition) is 2. The van der Waals surface area contributed by atoms with Crippen molar-refractivity contribution in [3.05, 3.63) is 35.4 Å². The molecule has 2 heteroatoms. The SMILES string of the molecule is COCc1cccc([C@@H](C)N)c1. The molecule has 0 fully saturated rings. The monoisotopic (exact) mass is 165 g/mol. The minimum Gasteiger partial charge on any atom is -0.380 e. The normalized spacial score (nSPS) is 12.9. The van der Waals surface area contributed by atoms with Crippen LogP contribution in [-0.2, 0) is 11.3 Å². The van der Waals surface area contributed by atoms with E-state index < -0.39 is 0 Å². The molecule has 0 amide bonds. The molecule has 0 saturated heterocycles. The van der Waals surface area contributed by atoms with Gasteiger partial charge in [-0.25, -0.2) is 0 Å². The zero-order valence-electron chi connectivity index (χ0n) is 7.58. The highest BCUT2D eigenvalue weighted by atomic mass is 16.5. The minimum atomic E-state index is 0.0989. The standard InChI is InChI=1S/C10H15NO/c1-8(11)10-5-3-4-9(6-10)7-12-2/h3-6,8H,7,11H2,1-2H3/t8-/m1/s1. The fraction of sp³-hybridized carbons (Fsp3) is 0.400. The summed E-state index contributed by atoms with van der Waals surface area (Å²) < 4.78 is 5.02. The number of rotatable bonds is 3. The average Bonchev–Trinajstić information content (AvgIpc) is 2.05. The fourth-order valence-electron chi connectivity index (χ4n) is 1.13. The third-order valence-corrected chi connectivity index (χ3v) is 1.79. The van der Waals surface area contributed by atoms with Crippen LogP contribution in [0, 0.1) is 0 Å². The quantitative estimate of drug-likeness (QED) is 0.741. The lowest BCUT2D eigenvalue weighted by Crippen LogP contribution is -2.05. The van der Waals surface area contributed by atoms with Crippen LogP contribution in [0.25, 0.3) is 0 Å². The first-order chi connectivity index (χ1) is 5.74. The number of ether oxygens (including phenoxy) is 1. The van der Waals surface area contributed by atoms with E-state index in [2.05, 4.69) is 6.07 Å². The molecular formula is C10H15NO. The van der Waals surface area contributed by atoms with E-state index in [9.17, 15) is 0 Å². The Bertz CT molecular complexity index is 245. The van der Waals surface area contributed by atoms with Crippen LogP contribution < -0.4 is 5.73 Å². The van der Waals surface area contributed by atoms with Gasteiger partial charge in [0.2, 0.25) is 0 Å². The van der Waals surface area contributed by atoms with E-state index in [1.165, 1.54) is 5.56 Å². The molecule has 0 heterocycles. The Morgan fingerprint density at radius 1 is 1.50 bits per heavy atom. The van der Waals surface area contributed by atoms with Crippen LogP contribution in [-0.4, -0.2) is 7.11 Å². The highest BCUT2D eigenvalue weighted by Gasteiger charge is 1.99. The van der Waals surface area contributed by atoms with E-state index in [0.717, 1.165) is 5.56 Å². The Hall–Kier alpha value is -0.860. The van der Waals surface area contributed by atoms with E-state index in [-0.39, 0.29) is 6.04 Å². The highest BCUT2D eigenvalue weighted by molar-refractivity contribution is 5.24. The molecule has 1 aromatic carbocycles. The lowest BCUT2D eigenvalue weighted by molar-refractivity contribution is 0.185. The molecule has 1 aromatic rings. The number of hydrogen-bond donors (Lipinski definition) is 1. The Labute approximate surface area is 73.3 Å². The van der Waals surface area contributed by atoms with Gasteiger partial charge in [0, 0.05) is 13.2 Å². The molecule has 0 unspecified atom stereocenters. The van der Waals surface area contributed by atoms with Gasteiger partial charge in [0.25, 0.3) is 0 Å². The van der Waals surface area contributed by atoms with E-state index in [4.69, 9.17) is 10.5 Å². The van der Waals surface area contributed by atoms with Crippen molar-refractivity contribution in [1.82, 2.24) is 0 Å². The molecule has 0 bridgehead atoms. The second-order valence-corrected chi connectivity index (χ2v) is 2.97. The summed E-state index contributed by atoms with van der Waals surface area (Å²) in [5.74, 6) is 0. The maximum atomic E-state index is 5.74. The van der Waals surface area contributed by atoms with Crippen LogP contribution in [0.15, 0.2) is 24.3 Å². The van der Waals surface area contributed by atoms with Gasteiger partial charge in [-0.2, -0.15) is 0 Å². The predicted octanol–water partition coefficient (Wildman–Crippen LogP) is 1.85. The molecule has 0 aliphatic rings. The molecule has 1 rings (SSSR count). The van der Waals surface area contributed by atoms with Crippen molar-refractivity contribution in [2.75, 3.05) is 7.11 Å². The van der Waals surface area contributed by atoms with Gasteiger partial charge in [-0.3, -0.25) is 0 Å². The van der Waals surface area contributed by atoms with Crippen LogP contribution in [0.1, 0.15) is 24.1 Å². The van der Waals surface area contributed by atoms with Gasteiger partial charge in [0.1, 0.15) is 0 Å². The molecule has 0 radical (unpaired) electrons. The van der Waals surface area contributed by atoms with Crippen LogP contribution in [0.3, 0.4) is 0 Å². The van der Waals surface area contributed by atoms with E-state index in [1.54, 1.807) is 7.11 Å². The second-order valence-electron chi connectivity index (χ2n) is 2.97. The van der Waals surface area contributed by atoms with Gasteiger partial charge in [0.15, 0.2) is 0 Å². The molecule has 0 aromatic heterocycles. The molecular weight excluding hydrogens is 150 g/mol. The smallest absolute Gasteiger partial charge is 0.0713 e. The van der Waals surface area contributed by atoms with Gasteiger partial charge in [0.05, 0.1) is 6.61 Å². The second kappa shape index (κ2) is 4.24. The largest absolute Gasteiger partial charge is 0.380 e. The number of methoxy groups -OCH3 is 1. The summed E-state index contributed by atoms with van der Waals surface area (Å²) in [6.45, 7) is 2.63. The summed E-state index contributed by atoms with van der Waals surface area (Å²) in [4.78, 5) is 0. The molecule has 0 spiro atoms. The lowest BCUT2D eigenvalue weighted by Gasteiger charge is -2.07. The first-order valence-electron chi connectivity index (χ1n) is 4.07. The van der Waals surface area contributed by atoms with Crippen LogP contribution in [0.2, 0.25) is 0 Å². The van der Waals surface area contributed by atoms with Gasteiger partial charge in [-0.05, 0) is 18.1 Å². The first kappa shape index (κ1) is 9.23. The molecule has 66 valence electrons. The van der Waals surface area contributed by atoms with Crippen molar-refractivity contribution in [2.24, 2.45) is 5.73 Å².